The first-order valence-corrected chi connectivity index (χ1v) is 19.2. The number of rotatable bonds is 11. The quantitative estimate of drug-likeness (QED) is 0.155. The number of benzene rings is 1. The van der Waals surface area contributed by atoms with Gasteiger partial charge in [-0.3, -0.25) is 9.69 Å². The maximum atomic E-state index is 14.0. The van der Waals surface area contributed by atoms with Crippen LogP contribution in [0.4, 0.5) is 11.8 Å². The summed E-state index contributed by atoms with van der Waals surface area (Å²) in [5, 5.41) is 0. The van der Waals surface area contributed by atoms with Gasteiger partial charge >= 0.3 is 0 Å². The SMILES string of the molecule is CCc1ncc(-c2cnc(N(C(=O)CCc3ccccc3)C3CCC(Cc4ncc(C(C)(C)C)c(N5CCC(C)(CC)CC5)n4)CC3)nc2)cn1. The third kappa shape index (κ3) is 8.97. The summed E-state index contributed by atoms with van der Waals surface area (Å²) in [6, 6.07) is 10.3. The van der Waals surface area contributed by atoms with E-state index in [9.17, 15) is 4.79 Å². The molecule has 2 aliphatic rings. The Kier molecular flexibility index (Phi) is 11.4. The molecule has 0 unspecified atom stereocenters. The van der Waals surface area contributed by atoms with Gasteiger partial charge in [0.25, 0.3) is 0 Å². The average Bonchev–Trinajstić information content (AvgIpc) is 3.15. The molecular weight excluding hydrogens is 633 g/mol. The largest absolute Gasteiger partial charge is 0.356 e. The lowest BCUT2D eigenvalue weighted by atomic mass is 9.78. The fourth-order valence-electron chi connectivity index (χ4n) is 7.53. The van der Waals surface area contributed by atoms with Gasteiger partial charge in [0.05, 0.1) is 0 Å². The zero-order valence-electron chi connectivity index (χ0n) is 31.6. The molecule has 9 heteroatoms. The minimum absolute atomic E-state index is 0.0261. The molecule has 1 aliphatic heterocycles. The van der Waals surface area contributed by atoms with E-state index < -0.39 is 0 Å². The molecule has 1 saturated heterocycles. The van der Waals surface area contributed by atoms with Crippen molar-refractivity contribution in [3.05, 3.63) is 84.1 Å². The summed E-state index contributed by atoms with van der Waals surface area (Å²) in [5.74, 6) is 3.88. The normalized spacial score (nSPS) is 19.1. The van der Waals surface area contributed by atoms with Crippen LogP contribution in [0.5, 0.6) is 0 Å². The van der Waals surface area contributed by atoms with E-state index in [1.54, 1.807) is 12.4 Å². The molecule has 3 aromatic heterocycles. The molecular formula is C42H56N8O. The Morgan fingerprint density at radius 3 is 2.04 bits per heavy atom. The van der Waals surface area contributed by atoms with Crippen molar-refractivity contribution in [3.63, 3.8) is 0 Å². The molecule has 4 heterocycles. The number of hydrogen-bond donors (Lipinski definition) is 0. The van der Waals surface area contributed by atoms with Crippen LogP contribution in [0.15, 0.2) is 61.3 Å². The van der Waals surface area contributed by atoms with E-state index in [0.29, 0.717) is 30.1 Å². The van der Waals surface area contributed by atoms with Crippen LogP contribution in [-0.2, 0) is 29.5 Å². The Morgan fingerprint density at radius 2 is 1.45 bits per heavy atom. The zero-order chi connectivity index (χ0) is 36.0. The van der Waals surface area contributed by atoms with Crippen LogP contribution in [0, 0.1) is 11.3 Å². The number of hydrogen-bond acceptors (Lipinski definition) is 8. The molecule has 4 aromatic rings. The van der Waals surface area contributed by atoms with Crippen LogP contribution in [0.25, 0.3) is 11.1 Å². The van der Waals surface area contributed by atoms with Crippen LogP contribution in [0.1, 0.15) is 116 Å². The van der Waals surface area contributed by atoms with Crippen LogP contribution >= 0.6 is 0 Å². The second kappa shape index (κ2) is 16.0. The summed E-state index contributed by atoms with van der Waals surface area (Å²) >= 11 is 0. The molecule has 0 N–H and O–H groups in total. The lowest BCUT2D eigenvalue weighted by molar-refractivity contribution is -0.119. The number of aromatic nitrogens is 6. The van der Waals surface area contributed by atoms with Crippen molar-refractivity contribution >= 4 is 17.7 Å². The molecule has 0 radical (unpaired) electrons. The summed E-state index contributed by atoms with van der Waals surface area (Å²) in [5.41, 5.74) is 4.48. The summed E-state index contributed by atoms with van der Waals surface area (Å²) in [6.45, 7) is 15.7. The lowest BCUT2D eigenvalue weighted by Crippen LogP contribution is -2.44. The van der Waals surface area contributed by atoms with E-state index in [-0.39, 0.29) is 17.4 Å². The third-order valence-electron chi connectivity index (χ3n) is 11.4. The summed E-state index contributed by atoms with van der Waals surface area (Å²) < 4.78 is 0. The first kappa shape index (κ1) is 36.5. The van der Waals surface area contributed by atoms with Crippen molar-refractivity contribution < 1.29 is 4.79 Å². The van der Waals surface area contributed by atoms with E-state index in [0.717, 1.165) is 85.8 Å². The van der Waals surface area contributed by atoms with Gasteiger partial charge in [-0.2, -0.15) is 0 Å². The van der Waals surface area contributed by atoms with Gasteiger partial charge in [-0.25, -0.2) is 29.9 Å². The molecule has 2 fully saturated rings. The summed E-state index contributed by atoms with van der Waals surface area (Å²) in [6.07, 6.45) is 19.5. The Balaban J connectivity index is 1.16. The van der Waals surface area contributed by atoms with E-state index >= 15 is 0 Å². The molecule has 51 heavy (non-hydrogen) atoms. The minimum atomic E-state index is -0.0261. The molecule has 0 atom stereocenters. The van der Waals surface area contributed by atoms with Crippen LogP contribution in [0.3, 0.4) is 0 Å². The van der Waals surface area contributed by atoms with Gasteiger partial charge < -0.3 is 4.90 Å². The number of anilines is 2. The number of carbonyl (C=O) groups is 1. The summed E-state index contributed by atoms with van der Waals surface area (Å²) in [4.78, 5) is 46.9. The van der Waals surface area contributed by atoms with Gasteiger partial charge in [-0.1, -0.05) is 78.3 Å². The molecule has 270 valence electrons. The highest BCUT2D eigenvalue weighted by atomic mass is 16.2. The molecule has 9 nitrogen and oxygen atoms in total. The molecule has 1 amide bonds. The standard InChI is InChI=1S/C42H56N8O/c1-7-36-43-25-32(26-44-36)33-27-46-40(47-28-33)50(38(51)19-16-30-12-10-9-11-13-30)34-17-14-31(15-18-34)24-37-45-29-35(41(3,4)5)39(48-37)49-22-20-42(6,8-2)21-23-49/h9-13,25-29,31,34H,7-8,14-24H2,1-6H3. The van der Waals surface area contributed by atoms with Crippen molar-refractivity contribution in [2.24, 2.45) is 11.3 Å². The van der Waals surface area contributed by atoms with Crippen molar-refractivity contribution in [2.75, 3.05) is 22.9 Å². The monoisotopic (exact) mass is 688 g/mol. The number of piperidine rings is 1. The zero-order valence-corrected chi connectivity index (χ0v) is 31.6. The molecule has 1 aromatic carbocycles. The third-order valence-corrected chi connectivity index (χ3v) is 11.4. The van der Waals surface area contributed by atoms with Crippen molar-refractivity contribution in [3.8, 4) is 11.1 Å². The summed E-state index contributed by atoms with van der Waals surface area (Å²) in [7, 11) is 0. The number of carbonyl (C=O) groups excluding carboxylic acids is 1. The Labute approximate surface area is 304 Å². The smallest absolute Gasteiger partial charge is 0.232 e. The van der Waals surface area contributed by atoms with Gasteiger partial charge in [-0.05, 0) is 67.3 Å². The highest BCUT2D eigenvalue weighted by Crippen LogP contribution is 2.39. The lowest BCUT2D eigenvalue weighted by Gasteiger charge is -2.41. The highest BCUT2D eigenvalue weighted by molar-refractivity contribution is 5.92. The fraction of sp³-hybridized carbons (Fsp3) is 0.548. The number of amides is 1. The van der Waals surface area contributed by atoms with E-state index in [2.05, 4.69) is 67.8 Å². The van der Waals surface area contributed by atoms with Crippen LogP contribution in [0.2, 0.25) is 0 Å². The van der Waals surface area contributed by atoms with E-state index in [1.807, 2.05) is 42.4 Å². The Hall–Kier alpha value is -4.27. The maximum absolute atomic E-state index is 14.0. The molecule has 1 aliphatic carbocycles. The Morgan fingerprint density at radius 1 is 0.843 bits per heavy atom. The van der Waals surface area contributed by atoms with Crippen molar-refractivity contribution in [1.82, 2.24) is 29.9 Å². The first-order valence-electron chi connectivity index (χ1n) is 19.2. The predicted octanol–water partition coefficient (Wildman–Crippen LogP) is 8.37. The number of aryl methyl sites for hydroxylation is 2. The average molecular weight is 689 g/mol. The first-order chi connectivity index (χ1) is 24.5. The maximum Gasteiger partial charge on any atom is 0.232 e. The van der Waals surface area contributed by atoms with Gasteiger partial charge in [0.2, 0.25) is 11.9 Å². The molecule has 6 rings (SSSR count). The Bertz CT molecular complexity index is 1720. The highest BCUT2D eigenvalue weighted by Gasteiger charge is 2.34. The molecule has 0 bridgehead atoms. The topological polar surface area (TPSA) is 101 Å². The van der Waals surface area contributed by atoms with Crippen molar-refractivity contribution in [2.45, 2.75) is 124 Å². The van der Waals surface area contributed by atoms with Gasteiger partial charge in [0.1, 0.15) is 17.5 Å². The van der Waals surface area contributed by atoms with Crippen LogP contribution in [-0.4, -0.2) is 54.9 Å². The van der Waals surface area contributed by atoms with Gasteiger partial charge in [0, 0.05) is 86.1 Å². The second-order valence-electron chi connectivity index (χ2n) is 16.1. The molecule has 1 saturated carbocycles. The fourth-order valence-corrected chi connectivity index (χ4v) is 7.53. The number of nitrogens with zero attached hydrogens (tertiary/aromatic N) is 8. The van der Waals surface area contributed by atoms with Gasteiger partial charge in [-0.15, -0.1) is 0 Å². The second-order valence-corrected chi connectivity index (χ2v) is 16.1. The predicted molar refractivity (Wildman–Crippen MR) is 205 cm³/mol. The minimum Gasteiger partial charge on any atom is -0.356 e. The van der Waals surface area contributed by atoms with E-state index in [4.69, 9.17) is 19.9 Å². The van der Waals surface area contributed by atoms with E-state index in [1.165, 1.54) is 24.8 Å². The van der Waals surface area contributed by atoms with Crippen molar-refractivity contribution in [1.29, 1.82) is 0 Å². The molecule has 0 spiro atoms. The van der Waals surface area contributed by atoms with Crippen LogP contribution < -0.4 is 9.80 Å². The van der Waals surface area contributed by atoms with Gasteiger partial charge in [0.15, 0.2) is 0 Å².